The van der Waals surface area contributed by atoms with Crippen molar-refractivity contribution in [3.63, 3.8) is 0 Å². The van der Waals surface area contributed by atoms with Gasteiger partial charge in [0.2, 0.25) is 10.0 Å². The minimum Gasteiger partial charge on any atom is -0.456 e. The maximum Gasteiger partial charge on any atom is 0.308 e. The number of esters is 1. The summed E-state index contributed by atoms with van der Waals surface area (Å²) in [6.45, 7) is 4.56. The first-order chi connectivity index (χ1) is 16.3. The summed E-state index contributed by atoms with van der Waals surface area (Å²) in [5, 5.41) is 0. The van der Waals surface area contributed by atoms with Crippen LogP contribution in [0.2, 0.25) is 0 Å². The number of hydrogen-bond acceptors (Lipinski definition) is 6. The number of carbonyl (C=O) groups excluding carboxylic acids is 2. The normalized spacial score (nSPS) is 23.2. The Kier molecular flexibility index (Phi) is 7.35. The molecule has 0 bridgehead atoms. The summed E-state index contributed by atoms with van der Waals surface area (Å²) < 4.78 is 39.2. The van der Waals surface area contributed by atoms with E-state index in [9.17, 15) is 18.0 Å². The fourth-order valence-electron chi connectivity index (χ4n) is 4.69. The Balaban J connectivity index is 1.49. The number of benzene rings is 2. The zero-order valence-corrected chi connectivity index (χ0v) is 20.2. The fraction of sp³-hybridized carbons (Fsp3) is 0.440. The molecule has 2 aromatic carbocycles. The second kappa shape index (κ2) is 10.2. The summed E-state index contributed by atoms with van der Waals surface area (Å²) in [6, 6.07) is 15.0. The van der Waals surface area contributed by atoms with Gasteiger partial charge in [-0.25, -0.2) is 8.42 Å². The number of morpholine rings is 1. The molecule has 4 rings (SSSR count). The van der Waals surface area contributed by atoms with Crippen molar-refractivity contribution in [3.8, 4) is 0 Å². The first kappa shape index (κ1) is 24.4. The number of ether oxygens (including phenoxy) is 2. The van der Waals surface area contributed by atoms with E-state index in [-0.39, 0.29) is 42.6 Å². The van der Waals surface area contributed by atoms with Gasteiger partial charge in [0.1, 0.15) is 0 Å². The van der Waals surface area contributed by atoms with Crippen molar-refractivity contribution in [2.24, 2.45) is 0 Å². The topological polar surface area (TPSA) is 93.2 Å². The average molecular weight is 487 g/mol. The van der Waals surface area contributed by atoms with Crippen LogP contribution in [0.1, 0.15) is 37.4 Å². The second-order valence-electron chi connectivity index (χ2n) is 8.81. The van der Waals surface area contributed by atoms with Gasteiger partial charge in [-0.3, -0.25) is 9.59 Å². The quantitative estimate of drug-likeness (QED) is 0.583. The van der Waals surface area contributed by atoms with Crippen molar-refractivity contribution in [2.45, 2.75) is 49.8 Å². The first-order valence-electron chi connectivity index (χ1n) is 11.5. The molecule has 0 unspecified atom stereocenters. The molecule has 2 aliphatic rings. The van der Waals surface area contributed by atoms with Gasteiger partial charge in [0.05, 0.1) is 29.6 Å². The lowest BCUT2D eigenvalue weighted by Crippen LogP contribution is -2.49. The molecule has 1 amide bonds. The number of carbonyl (C=O) groups is 2. The summed E-state index contributed by atoms with van der Waals surface area (Å²) in [4.78, 5) is 27.2. The molecule has 0 spiro atoms. The predicted molar refractivity (Wildman–Crippen MR) is 125 cm³/mol. The van der Waals surface area contributed by atoms with Crippen LogP contribution in [0.5, 0.6) is 0 Å². The third kappa shape index (κ3) is 5.32. The number of fused-ring (bicyclic) bond motifs is 1. The Morgan fingerprint density at radius 3 is 2.35 bits per heavy atom. The first-order valence-corrected chi connectivity index (χ1v) is 12.9. The lowest BCUT2D eigenvalue weighted by Gasteiger charge is -2.36. The van der Waals surface area contributed by atoms with E-state index in [2.05, 4.69) is 0 Å². The molecule has 0 radical (unpaired) electrons. The highest BCUT2D eigenvalue weighted by atomic mass is 32.2. The zero-order valence-electron chi connectivity index (χ0n) is 19.4. The molecule has 9 heteroatoms. The van der Waals surface area contributed by atoms with E-state index in [1.54, 1.807) is 35.2 Å². The van der Waals surface area contributed by atoms with Crippen molar-refractivity contribution >= 4 is 21.9 Å². The summed E-state index contributed by atoms with van der Waals surface area (Å²) in [5.41, 5.74) is 1.79. The molecule has 0 N–H and O–H groups in total. The van der Waals surface area contributed by atoms with Gasteiger partial charge in [0, 0.05) is 19.6 Å². The standard InChI is InChI=1S/C25H30N2O6S/c1-18-15-26(16-19(2)33-18)24(28)17-32-25(29)14-23-22-11-7-6-8-20(22)12-13-27(23)34(30,31)21-9-4-3-5-10-21/h3-11,18-19,23H,12-17H2,1-2H3/t18-,19+,23-/m0/s1. The number of sulfonamides is 1. The van der Waals surface area contributed by atoms with Crippen molar-refractivity contribution in [2.75, 3.05) is 26.2 Å². The Labute approximate surface area is 200 Å². The molecular formula is C25H30N2O6S. The molecule has 2 aliphatic heterocycles. The molecule has 0 aromatic heterocycles. The van der Waals surface area contributed by atoms with E-state index < -0.39 is 22.0 Å². The maximum atomic E-state index is 13.4. The van der Waals surface area contributed by atoms with Gasteiger partial charge in [-0.15, -0.1) is 0 Å². The lowest BCUT2D eigenvalue weighted by atomic mass is 9.92. The second-order valence-corrected chi connectivity index (χ2v) is 10.7. The molecule has 3 atom stereocenters. The molecule has 34 heavy (non-hydrogen) atoms. The molecule has 8 nitrogen and oxygen atoms in total. The van der Waals surface area contributed by atoms with E-state index >= 15 is 0 Å². The molecule has 1 fully saturated rings. The molecule has 0 aliphatic carbocycles. The number of nitrogens with zero attached hydrogens (tertiary/aromatic N) is 2. The van der Waals surface area contributed by atoms with Crippen LogP contribution in [0.15, 0.2) is 59.5 Å². The average Bonchev–Trinajstić information content (AvgIpc) is 2.82. The monoisotopic (exact) mass is 486 g/mol. The summed E-state index contributed by atoms with van der Waals surface area (Å²) in [5.74, 6) is -0.897. The largest absolute Gasteiger partial charge is 0.456 e. The molecular weight excluding hydrogens is 456 g/mol. The van der Waals surface area contributed by atoms with E-state index in [1.807, 2.05) is 38.1 Å². The van der Waals surface area contributed by atoms with Crippen LogP contribution < -0.4 is 0 Å². The third-order valence-corrected chi connectivity index (χ3v) is 8.12. The van der Waals surface area contributed by atoms with Crippen LogP contribution >= 0.6 is 0 Å². The Morgan fingerprint density at radius 2 is 1.65 bits per heavy atom. The maximum absolute atomic E-state index is 13.4. The number of amides is 1. The van der Waals surface area contributed by atoms with Crippen LogP contribution in [-0.2, 0) is 35.5 Å². The highest BCUT2D eigenvalue weighted by molar-refractivity contribution is 7.89. The molecule has 2 aromatic rings. The summed E-state index contributed by atoms with van der Waals surface area (Å²) >= 11 is 0. The predicted octanol–water partition coefficient (Wildman–Crippen LogP) is 2.54. The van der Waals surface area contributed by atoms with E-state index in [0.29, 0.717) is 19.5 Å². The minimum atomic E-state index is -3.82. The van der Waals surface area contributed by atoms with Crippen LogP contribution in [0.4, 0.5) is 0 Å². The Morgan fingerprint density at radius 1 is 1.00 bits per heavy atom. The third-order valence-electron chi connectivity index (χ3n) is 6.20. The van der Waals surface area contributed by atoms with Crippen LogP contribution in [0.3, 0.4) is 0 Å². The highest BCUT2D eigenvalue weighted by Crippen LogP contribution is 2.36. The Bertz CT molecular complexity index is 1130. The lowest BCUT2D eigenvalue weighted by molar-refractivity contribution is -0.157. The van der Waals surface area contributed by atoms with Gasteiger partial charge in [-0.2, -0.15) is 4.31 Å². The van der Waals surface area contributed by atoms with Crippen molar-refractivity contribution in [3.05, 3.63) is 65.7 Å². The van der Waals surface area contributed by atoms with Crippen molar-refractivity contribution < 1.29 is 27.5 Å². The fourth-order valence-corrected chi connectivity index (χ4v) is 6.31. The van der Waals surface area contributed by atoms with E-state index in [0.717, 1.165) is 11.1 Å². The zero-order chi connectivity index (χ0) is 24.3. The van der Waals surface area contributed by atoms with Gasteiger partial charge in [0.25, 0.3) is 5.91 Å². The smallest absolute Gasteiger partial charge is 0.308 e. The Hall–Kier alpha value is -2.75. The number of hydrogen-bond donors (Lipinski definition) is 0. The van der Waals surface area contributed by atoms with Gasteiger partial charge < -0.3 is 14.4 Å². The van der Waals surface area contributed by atoms with Crippen molar-refractivity contribution in [1.82, 2.24) is 9.21 Å². The van der Waals surface area contributed by atoms with Crippen LogP contribution in [-0.4, -0.2) is 67.9 Å². The highest BCUT2D eigenvalue weighted by Gasteiger charge is 2.38. The van der Waals surface area contributed by atoms with Gasteiger partial charge in [-0.05, 0) is 43.5 Å². The van der Waals surface area contributed by atoms with Gasteiger partial charge in [0.15, 0.2) is 6.61 Å². The summed E-state index contributed by atoms with van der Waals surface area (Å²) in [6.07, 6.45) is 0.212. The molecule has 1 saturated heterocycles. The SMILES string of the molecule is C[C@@H]1CN(C(=O)COC(=O)C[C@H]2c3ccccc3CCN2S(=O)(=O)c2ccccc2)C[C@H](C)O1. The molecule has 0 saturated carbocycles. The van der Waals surface area contributed by atoms with Gasteiger partial charge >= 0.3 is 5.97 Å². The molecule has 182 valence electrons. The van der Waals surface area contributed by atoms with E-state index in [1.165, 1.54) is 4.31 Å². The summed E-state index contributed by atoms with van der Waals surface area (Å²) in [7, 11) is -3.82. The van der Waals surface area contributed by atoms with Gasteiger partial charge in [-0.1, -0.05) is 42.5 Å². The molecule has 2 heterocycles. The van der Waals surface area contributed by atoms with Crippen molar-refractivity contribution in [1.29, 1.82) is 0 Å². The van der Waals surface area contributed by atoms with E-state index in [4.69, 9.17) is 9.47 Å². The van der Waals surface area contributed by atoms with Crippen LogP contribution in [0, 0.1) is 0 Å². The van der Waals surface area contributed by atoms with Crippen LogP contribution in [0.25, 0.3) is 0 Å². The number of rotatable bonds is 6. The minimum absolute atomic E-state index is 0.0844.